The van der Waals surface area contributed by atoms with E-state index in [-0.39, 0.29) is 41.8 Å². The molecule has 1 unspecified atom stereocenters. The van der Waals surface area contributed by atoms with E-state index in [4.69, 9.17) is 0 Å². The molecule has 180 valence electrons. The lowest BCUT2D eigenvalue weighted by atomic mass is 9.84. The van der Waals surface area contributed by atoms with Crippen LogP contribution in [-0.2, 0) is 4.79 Å². The van der Waals surface area contributed by atoms with E-state index in [1.165, 1.54) is 34.0 Å². The lowest BCUT2D eigenvalue weighted by Crippen LogP contribution is -2.41. The molecule has 3 rings (SSSR count). The summed E-state index contributed by atoms with van der Waals surface area (Å²) in [6.45, 7) is 9.25. The van der Waals surface area contributed by atoms with Crippen LogP contribution in [0.5, 0.6) is 0 Å². The lowest BCUT2D eigenvalue weighted by molar-refractivity contribution is -0.114. The molecule has 9 heteroatoms. The quantitative estimate of drug-likeness (QED) is 0.220. The van der Waals surface area contributed by atoms with Crippen molar-refractivity contribution in [2.24, 2.45) is 5.10 Å². The van der Waals surface area contributed by atoms with E-state index < -0.39 is 24.1 Å². The number of aryl methyl sites for hydroxylation is 1. The van der Waals surface area contributed by atoms with Crippen LogP contribution < -0.4 is 9.91 Å². The van der Waals surface area contributed by atoms with Crippen LogP contribution in [-0.4, -0.2) is 54.9 Å². The third-order valence-corrected chi connectivity index (χ3v) is 5.88. The number of amides is 2. The van der Waals surface area contributed by atoms with Gasteiger partial charge in [0.05, 0.1) is 11.4 Å². The summed E-state index contributed by atoms with van der Waals surface area (Å²) in [7, 11) is 1.48. The minimum absolute atomic E-state index is 0.0470. The average molecular weight is 471 g/mol. The number of likely N-dealkylation sites (N-methyl/N-ethyl adjacent to an activating group) is 1. The Balaban J connectivity index is 2.10. The average Bonchev–Trinajstić information content (AvgIpc) is 2.80. The first-order valence-corrected chi connectivity index (χ1v) is 10.8. The minimum atomic E-state index is -0.725. The van der Waals surface area contributed by atoms with Crippen LogP contribution in [0.4, 0.5) is 20.2 Å². The maximum absolute atomic E-state index is 15.2. The minimum Gasteiger partial charge on any atom is -0.388 e. The topological polar surface area (TPSA) is 76.5 Å². The third kappa shape index (κ3) is 4.70. The zero-order valence-electron chi connectivity index (χ0n) is 19.7. The number of rotatable bonds is 7. The highest BCUT2D eigenvalue weighted by Crippen LogP contribution is 2.39. The molecule has 1 N–H and O–H groups in total. The number of aliphatic hydroxyl groups is 1. The van der Waals surface area contributed by atoms with Crippen molar-refractivity contribution in [2.45, 2.75) is 26.7 Å². The number of carbonyl (C=O) groups is 2. The predicted molar refractivity (Wildman–Crippen MR) is 128 cm³/mol. The number of anilines is 2. The van der Waals surface area contributed by atoms with Gasteiger partial charge in [-0.25, -0.2) is 8.78 Å². The fraction of sp³-hybridized carbons (Fsp3) is 0.320. The van der Waals surface area contributed by atoms with Crippen LogP contribution in [0.3, 0.4) is 0 Å². The van der Waals surface area contributed by atoms with Gasteiger partial charge in [-0.1, -0.05) is 18.2 Å². The van der Waals surface area contributed by atoms with Gasteiger partial charge in [0.2, 0.25) is 6.41 Å². The smallest absolute Gasteiger partial charge is 0.258 e. The van der Waals surface area contributed by atoms with E-state index in [2.05, 4.69) is 11.7 Å². The molecule has 2 aromatic carbocycles. The molecule has 0 spiro atoms. The molecule has 0 saturated heterocycles. The van der Waals surface area contributed by atoms with Crippen molar-refractivity contribution < 1.29 is 23.5 Å². The van der Waals surface area contributed by atoms with Crippen molar-refractivity contribution in [1.82, 2.24) is 4.90 Å². The fourth-order valence-electron chi connectivity index (χ4n) is 3.99. The molecule has 0 saturated carbocycles. The summed E-state index contributed by atoms with van der Waals surface area (Å²) in [5, 5.41) is 15.0. The second kappa shape index (κ2) is 10.1. The van der Waals surface area contributed by atoms with Crippen molar-refractivity contribution in [3.05, 3.63) is 70.8 Å². The Hall–Kier alpha value is -3.59. The van der Waals surface area contributed by atoms with Gasteiger partial charge >= 0.3 is 0 Å². The number of amidine groups is 1. The number of fused-ring (bicyclic) bond motifs is 1. The molecule has 0 fully saturated rings. The molecule has 2 aromatic rings. The third-order valence-electron chi connectivity index (χ3n) is 5.88. The van der Waals surface area contributed by atoms with Gasteiger partial charge in [-0.3, -0.25) is 19.5 Å². The van der Waals surface area contributed by atoms with E-state index in [1.807, 2.05) is 0 Å². The van der Waals surface area contributed by atoms with Gasteiger partial charge in [0.1, 0.15) is 18.2 Å². The van der Waals surface area contributed by atoms with Crippen LogP contribution in [0.25, 0.3) is 0 Å². The van der Waals surface area contributed by atoms with Gasteiger partial charge in [0.25, 0.3) is 5.91 Å². The zero-order chi connectivity index (χ0) is 25.2. The molecule has 1 heterocycles. The predicted octanol–water partition coefficient (Wildman–Crippen LogP) is 3.81. The Bertz CT molecular complexity index is 1170. The molecular weight excluding hydrogens is 442 g/mol. The summed E-state index contributed by atoms with van der Waals surface area (Å²) in [4.78, 5) is 27.1. The largest absolute Gasteiger partial charge is 0.388 e. The molecule has 1 aliphatic heterocycles. The Kier molecular flexibility index (Phi) is 7.46. The van der Waals surface area contributed by atoms with E-state index in [0.717, 1.165) is 17.2 Å². The van der Waals surface area contributed by atoms with Gasteiger partial charge in [-0.15, -0.1) is 0 Å². The van der Waals surface area contributed by atoms with Crippen molar-refractivity contribution >= 4 is 29.5 Å². The summed E-state index contributed by atoms with van der Waals surface area (Å²) in [5.41, 5.74) is 2.37. The highest BCUT2D eigenvalue weighted by molar-refractivity contribution is 6.09. The Morgan fingerprint density at radius 1 is 1.29 bits per heavy atom. The van der Waals surface area contributed by atoms with Gasteiger partial charge in [0, 0.05) is 31.6 Å². The van der Waals surface area contributed by atoms with Crippen LogP contribution in [0.2, 0.25) is 0 Å². The molecule has 1 aliphatic rings. The highest BCUT2D eigenvalue weighted by atomic mass is 19.1. The molecule has 0 radical (unpaired) electrons. The molecule has 0 aliphatic carbocycles. The normalized spacial score (nSPS) is 15.7. The second-order valence-corrected chi connectivity index (χ2v) is 8.25. The van der Waals surface area contributed by atoms with Crippen molar-refractivity contribution in [3.8, 4) is 0 Å². The van der Waals surface area contributed by atoms with E-state index >= 15 is 4.39 Å². The molecule has 34 heavy (non-hydrogen) atoms. The zero-order valence-corrected chi connectivity index (χ0v) is 19.7. The number of benzene rings is 2. The van der Waals surface area contributed by atoms with E-state index in [0.29, 0.717) is 12.0 Å². The van der Waals surface area contributed by atoms with Gasteiger partial charge < -0.3 is 10.0 Å². The second-order valence-electron chi connectivity index (χ2n) is 8.25. The van der Waals surface area contributed by atoms with Crippen molar-refractivity contribution in [2.75, 3.05) is 36.7 Å². The summed E-state index contributed by atoms with van der Waals surface area (Å²) in [5.74, 6) is -2.10. The Morgan fingerprint density at radius 3 is 2.59 bits per heavy atom. The monoisotopic (exact) mass is 470 g/mol. The molecule has 0 aromatic heterocycles. The van der Waals surface area contributed by atoms with Gasteiger partial charge in [0.15, 0.2) is 5.84 Å². The number of carbonyl (C=O) groups excluding carboxylic acids is 2. The Morgan fingerprint density at radius 2 is 2.00 bits per heavy atom. The molecule has 1 atom stereocenters. The summed E-state index contributed by atoms with van der Waals surface area (Å²) >= 11 is 0. The maximum atomic E-state index is 15.2. The van der Waals surface area contributed by atoms with E-state index in [9.17, 15) is 19.1 Å². The first-order chi connectivity index (χ1) is 16.1. The molecular formula is C25H28F2N4O3. The summed E-state index contributed by atoms with van der Waals surface area (Å²) < 4.78 is 29.8. The number of aliphatic hydroxyl groups excluding tert-OH is 1. The number of halogens is 2. The maximum Gasteiger partial charge on any atom is 0.258 e. The SMILES string of the molecule is C=C(C)C1CN(c2cc(C)ccc2F)C(=O)c2cc(F)c(N(C)/N=C(/CO)N(C=O)CC)cc21. The summed E-state index contributed by atoms with van der Waals surface area (Å²) in [6, 6.07) is 7.14. The standard InChI is InChI=1S/C25H28F2N4O3/c1-6-30(14-33)24(13-32)28-29(5)22-11-17-18(10-21(22)27)25(34)31(12-19(17)15(2)3)23-9-16(4)7-8-20(23)26/h7-11,14,19,32H,2,6,12-13H2,1,3-5H3/b28-24-. The highest BCUT2D eigenvalue weighted by Gasteiger charge is 2.35. The van der Waals surface area contributed by atoms with Crippen LogP contribution >= 0.6 is 0 Å². The van der Waals surface area contributed by atoms with Crippen LogP contribution in [0, 0.1) is 18.6 Å². The van der Waals surface area contributed by atoms with Crippen LogP contribution in [0.1, 0.15) is 41.3 Å². The van der Waals surface area contributed by atoms with Crippen molar-refractivity contribution in [3.63, 3.8) is 0 Å². The van der Waals surface area contributed by atoms with Crippen molar-refractivity contribution in [1.29, 1.82) is 0 Å². The van der Waals surface area contributed by atoms with E-state index in [1.54, 1.807) is 32.9 Å². The molecule has 2 amide bonds. The first kappa shape index (κ1) is 25.0. The van der Waals surface area contributed by atoms with Gasteiger partial charge in [-0.2, -0.15) is 5.10 Å². The number of hydrazone groups is 1. The number of hydrogen-bond donors (Lipinski definition) is 1. The van der Waals surface area contributed by atoms with Gasteiger partial charge in [-0.05, 0) is 56.2 Å². The fourth-order valence-corrected chi connectivity index (χ4v) is 3.99. The molecule has 0 bridgehead atoms. The Labute approximate surface area is 197 Å². The summed E-state index contributed by atoms with van der Waals surface area (Å²) in [6.07, 6.45) is 0.529. The number of hydrogen-bond acceptors (Lipinski definition) is 5. The van der Waals surface area contributed by atoms with Crippen LogP contribution in [0.15, 0.2) is 47.6 Å². The first-order valence-electron chi connectivity index (χ1n) is 10.8. The molecule has 7 nitrogen and oxygen atoms in total. The lowest BCUT2D eigenvalue weighted by Gasteiger charge is -2.35. The number of nitrogens with zero attached hydrogens (tertiary/aromatic N) is 4.